The average Bonchev–Trinajstić information content (AvgIpc) is 3.48. The third kappa shape index (κ3) is 6.83. The first-order valence-corrected chi connectivity index (χ1v) is 14.0. The molecule has 0 unspecified atom stereocenters. The largest absolute Gasteiger partial charge is 0.748 e. The van der Waals surface area contributed by atoms with E-state index in [9.17, 15) is 14.4 Å². The van der Waals surface area contributed by atoms with Crippen LogP contribution in [-0.2, 0) is 37.5 Å². The number of nitrogens with zero attached hydrogens (tertiary/aromatic N) is 1. The van der Waals surface area contributed by atoms with Crippen molar-refractivity contribution in [3.8, 4) is 0 Å². The van der Waals surface area contributed by atoms with Crippen molar-refractivity contribution < 1.29 is 37.0 Å². The van der Waals surface area contributed by atoms with E-state index in [0.29, 0.717) is 11.8 Å². The van der Waals surface area contributed by atoms with Crippen LogP contribution in [0.1, 0.15) is 22.4 Å². The van der Waals surface area contributed by atoms with Crippen LogP contribution >= 0.6 is 11.8 Å². The number of quaternary nitrogens is 1. The van der Waals surface area contributed by atoms with Crippen LogP contribution in [0, 0.1) is 0 Å². The number of aromatic nitrogens is 1. The Morgan fingerprint density at radius 1 is 1.17 bits per heavy atom. The molecule has 3 aliphatic heterocycles. The first-order valence-electron chi connectivity index (χ1n) is 11.2. The summed E-state index contributed by atoms with van der Waals surface area (Å²) in [5, 5.41) is 2.66. The fraction of sp³-hybridized carbons (Fsp3) is 0.348. The molecule has 192 valence electrons. The smallest absolute Gasteiger partial charge is 0.289 e. The van der Waals surface area contributed by atoms with Gasteiger partial charge in [-0.25, -0.2) is 8.42 Å². The summed E-state index contributed by atoms with van der Waals surface area (Å²) in [6, 6.07) is 7.61. The fourth-order valence-corrected chi connectivity index (χ4v) is 4.84. The molecule has 3 aliphatic rings. The number of anilines is 1. The number of morpholine rings is 1. The number of benzene rings is 1. The van der Waals surface area contributed by atoms with E-state index < -0.39 is 10.1 Å². The normalized spacial score (nSPS) is 19.3. The molecule has 0 saturated carbocycles. The highest BCUT2D eigenvalue weighted by Crippen LogP contribution is 2.34. The van der Waals surface area contributed by atoms with E-state index in [4.69, 9.17) is 17.7 Å². The number of hydrogen-bond donors (Lipinski definition) is 3. The van der Waals surface area contributed by atoms with Crippen molar-refractivity contribution in [2.45, 2.75) is 13.1 Å². The first kappa shape index (κ1) is 26.1. The van der Waals surface area contributed by atoms with E-state index in [1.807, 2.05) is 30.5 Å². The number of carbonyl (C=O) groups excluding carboxylic acids is 3. The maximum absolute atomic E-state index is 12.6. The molecular formula is C23H26N4O7S2. The van der Waals surface area contributed by atoms with Gasteiger partial charge in [0.2, 0.25) is 5.91 Å². The zero-order valence-electron chi connectivity index (χ0n) is 19.5. The van der Waals surface area contributed by atoms with Gasteiger partial charge in [-0.1, -0.05) is 17.8 Å². The molecule has 0 aliphatic carbocycles. The number of nitrogens with one attached hydrogen (secondary N) is 3. The summed E-state index contributed by atoms with van der Waals surface area (Å²) in [7, 11) is -3.92. The monoisotopic (exact) mass is 534 g/mol. The number of carbonyl (C=O) groups is 3. The molecule has 4 heterocycles. The quantitative estimate of drug-likeness (QED) is 0.365. The van der Waals surface area contributed by atoms with Crippen LogP contribution in [0.2, 0.25) is 0 Å². The zero-order valence-corrected chi connectivity index (χ0v) is 21.2. The Hall–Kier alpha value is -2.97. The van der Waals surface area contributed by atoms with Crippen LogP contribution in [0.25, 0.3) is 11.6 Å². The Morgan fingerprint density at radius 2 is 1.89 bits per heavy atom. The Labute approximate surface area is 212 Å². The summed E-state index contributed by atoms with van der Waals surface area (Å²) in [5.74, 6) is -0.149. The van der Waals surface area contributed by atoms with Crippen molar-refractivity contribution in [1.29, 1.82) is 0 Å². The van der Waals surface area contributed by atoms with Crippen molar-refractivity contribution in [2.24, 2.45) is 0 Å². The van der Waals surface area contributed by atoms with Crippen molar-refractivity contribution >= 4 is 56.3 Å². The highest BCUT2D eigenvalue weighted by molar-refractivity contribution is 8.14. The predicted molar refractivity (Wildman–Crippen MR) is 133 cm³/mol. The Morgan fingerprint density at radius 3 is 2.56 bits per heavy atom. The number of H-pyrrole nitrogens is 1. The summed E-state index contributed by atoms with van der Waals surface area (Å²) in [6.07, 6.45) is 4.44. The van der Waals surface area contributed by atoms with Gasteiger partial charge in [-0.05, 0) is 29.8 Å². The number of thioether (sulfide) groups is 1. The van der Waals surface area contributed by atoms with Crippen LogP contribution in [0.4, 0.5) is 10.5 Å². The molecule has 1 aromatic heterocycles. The van der Waals surface area contributed by atoms with Crippen LogP contribution < -0.4 is 10.2 Å². The maximum Gasteiger partial charge on any atom is 0.289 e. The zero-order chi connectivity index (χ0) is 25.9. The lowest BCUT2D eigenvalue weighted by Crippen LogP contribution is -3.12. The highest BCUT2D eigenvalue weighted by Gasteiger charge is 2.31. The van der Waals surface area contributed by atoms with Crippen LogP contribution in [0.3, 0.4) is 0 Å². The van der Waals surface area contributed by atoms with Gasteiger partial charge in [-0.2, -0.15) is 0 Å². The van der Waals surface area contributed by atoms with Gasteiger partial charge in [0.05, 0.1) is 41.2 Å². The number of aromatic amines is 1. The van der Waals surface area contributed by atoms with E-state index in [1.165, 1.54) is 15.4 Å². The number of rotatable bonds is 5. The lowest BCUT2D eigenvalue weighted by Gasteiger charge is -2.23. The number of hydrogen-bond acceptors (Lipinski definition) is 8. The molecule has 3 amide bonds. The lowest BCUT2D eigenvalue weighted by molar-refractivity contribution is -0.921. The molecule has 0 bridgehead atoms. The van der Waals surface area contributed by atoms with Gasteiger partial charge < -0.3 is 24.5 Å². The number of fused-ring (bicyclic) bond motifs is 1. The summed E-state index contributed by atoms with van der Waals surface area (Å²) in [4.78, 5) is 42.4. The molecule has 0 radical (unpaired) electrons. The lowest BCUT2D eigenvalue weighted by atomic mass is 10.0. The van der Waals surface area contributed by atoms with Gasteiger partial charge in [-0.15, -0.1) is 0 Å². The second kappa shape index (κ2) is 11.0. The van der Waals surface area contributed by atoms with E-state index in [-0.39, 0.29) is 29.4 Å². The minimum atomic E-state index is -3.92. The number of amides is 3. The molecule has 2 fully saturated rings. The molecule has 3 N–H and O–H groups in total. The van der Waals surface area contributed by atoms with Gasteiger partial charge in [0.15, 0.2) is 0 Å². The van der Waals surface area contributed by atoms with Gasteiger partial charge in [0.25, 0.3) is 11.1 Å². The average molecular weight is 535 g/mol. The Bertz CT molecular complexity index is 1290. The molecular weight excluding hydrogens is 508 g/mol. The van der Waals surface area contributed by atoms with E-state index in [0.717, 1.165) is 67.1 Å². The SMILES string of the molecule is CS(=O)(=O)[O-].O=C1Nc2ccc(CN3C(=O)CSC3=O)cc2/C1=C\c1cc(C[NH+]2CCOCC2)c[nH]1. The summed E-state index contributed by atoms with van der Waals surface area (Å²) >= 11 is 1.02. The molecule has 11 nitrogen and oxygen atoms in total. The summed E-state index contributed by atoms with van der Waals surface area (Å²) in [5.41, 5.74) is 4.96. The molecule has 36 heavy (non-hydrogen) atoms. The Kier molecular flexibility index (Phi) is 7.95. The minimum Gasteiger partial charge on any atom is -0.748 e. The standard InChI is InChI=1S/C22H22N4O4S.CH4O3S/c27-20-13-31-22(29)26(20)12-14-1-2-19-17(8-14)18(21(28)24-19)9-16-7-15(10-23-16)11-25-3-5-30-6-4-25;1-5(2,3)4/h1-2,7-10,23H,3-6,11-13H2,(H,24,28);1H3,(H,2,3,4)/b18-9+;. The first-order chi connectivity index (χ1) is 17.1. The fourth-order valence-electron chi connectivity index (χ4n) is 4.12. The van der Waals surface area contributed by atoms with E-state index >= 15 is 0 Å². The van der Waals surface area contributed by atoms with Crippen molar-refractivity contribution in [2.75, 3.05) is 43.6 Å². The maximum atomic E-state index is 12.6. The molecule has 5 rings (SSSR count). The summed E-state index contributed by atoms with van der Waals surface area (Å²) in [6.45, 7) is 4.73. The van der Waals surface area contributed by atoms with Gasteiger partial charge in [0.1, 0.15) is 19.6 Å². The highest BCUT2D eigenvalue weighted by atomic mass is 32.2. The van der Waals surface area contributed by atoms with E-state index in [1.54, 1.807) is 0 Å². The topological polar surface area (TPSA) is 153 Å². The molecule has 2 saturated heterocycles. The van der Waals surface area contributed by atoms with Gasteiger partial charge >= 0.3 is 0 Å². The van der Waals surface area contributed by atoms with E-state index in [2.05, 4.69) is 16.4 Å². The third-order valence-corrected chi connectivity index (χ3v) is 6.63. The minimum absolute atomic E-state index is 0.161. The van der Waals surface area contributed by atoms with Gasteiger partial charge in [0, 0.05) is 35.0 Å². The van der Waals surface area contributed by atoms with Crippen molar-refractivity contribution in [3.05, 3.63) is 52.8 Å². The second-order valence-electron chi connectivity index (χ2n) is 8.63. The van der Waals surface area contributed by atoms with Crippen LogP contribution in [0.15, 0.2) is 30.5 Å². The summed E-state index contributed by atoms with van der Waals surface area (Å²) < 4.78 is 32.6. The number of ether oxygens (including phenoxy) is 1. The molecule has 2 aromatic rings. The second-order valence-corrected chi connectivity index (χ2v) is 11.0. The predicted octanol–water partition coefficient (Wildman–Crippen LogP) is 0.279. The van der Waals surface area contributed by atoms with Crippen LogP contribution in [0.5, 0.6) is 0 Å². The molecule has 1 aromatic carbocycles. The Balaban J connectivity index is 0.000000556. The molecule has 0 spiro atoms. The van der Waals surface area contributed by atoms with Crippen molar-refractivity contribution in [3.63, 3.8) is 0 Å². The van der Waals surface area contributed by atoms with Crippen LogP contribution in [-0.4, -0.2) is 78.2 Å². The molecule has 13 heteroatoms. The third-order valence-electron chi connectivity index (χ3n) is 5.77. The molecule has 0 atom stereocenters. The number of imide groups is 1. The van der Waals surface area contributed by atoms with Crippen molar-refractivity contribution in [1.82, 2.24) is 9.88 Å². The van der Waals surface area contributed by atoms with Gasteiger partial charge in [-0.3, -0.25) is 19.3 Å².